The Hall–Kier alpha value is -1.65. The summed E-state index contributed by atoms with van der Waals surface area (Å²) in [7, 11) is 4.36. The van der Waals surface area contributed by atoms with Gasteiger partial charge in [0.25, 0.3) is 0 Å². The van der Waals surface area contributed by atoms with Crippen molar-refractivity contribution in [2.24, 2.45) is 0 Å². The molecule has 0 aliphatic carbocycles. The molecule has 1 aromatic carbocycles. The molecule has 1 aromatic heterocycles. The normalized spacial score (nSPS) is 17.3. The molecular weight excluding hydrogens is 298 g/mol. The van der Waals surface area contributed by atoms with E-state index >= 15 is 0 Å². The first-order valence-corrected chi connectivity index (χ1v) is 9.02. The van der Waals surface area contributed by atoms with E-state index in [2.05, 4.69) is 61.6 Å². The van der Waals surface area contributed by atoms with E-state index in [1.165, 1.54) is 16.8 Å². The number of hydrogen-bond acceptors (Lipinski definition) is 4. The molecule has 1 saturated heterocycles. The van der Waals surface area contributed by atoms with E-state index < -0.39 is 0 Å². The van der Waals surface area contributed by atoms with E-state index in [4.69, 9.17) is 9.72 Å². The first-order chi connectivity index (χ1) is 11.6. The lowest BCUT2D eigenvalue weighted by Gasteiger charge is -2.43. The van der Waals surface area contributed by atoms with Gasteiger partial charge in [-0.15, -0.1) is 0 Å². The zero-order valence-corrected chi connectivity index (χ0v) is 15.1. The van der Waals surface area contributed by atoms with E-state index in [9.17, 15) is 0 Å². The summed E-state index contributed by atoms with van der Waals surface area (Å²) >= 11 is 0. The second-order valence-corrected chi connectivity index (χ2v) is 7.01. The summed E-state index contributed by atoms with van der Waals surface area (Å²) in [5.41, 5.74) is 3.62. The molecule has 4 nitrogen and oxygen atoms in total. The second kappa shape index (κ2) is 7.49. The van der Waals surface area contributed by atoms with Crippen molar-refractivity contribution < 1.29 is 4.74 Å². The van der Waals surface area contributed by atoms with Crippen LogP contribution in [0, 0.1) is 0 Å². The number of hydrogen-bond donors (Lipinski definition) is 1. The Morgan fingerprint density at radius 2 is 1.96 bits per heavy atom. The van der Waals surface area contributed by atoms with Gasteiger partial charge in [0.1, 0.15) is 0 Å². The van der Waals surface area contributed by atoms with Crippen molar-refractivity contribution in [2.45, 2.75) is 38.1 Å². The van der Waals surface area contributed by atoms with Gasteiger partial charge in [0, 0.05) is 42.1 Å². The Balaban J connectivity index is 1.88. The summed E-state index contributed by atoms with van der Waals surface area (Å²) in [5.74, 6) is 0. The Morgan fingerprint density at radius 1 is 1.21 bits per heavy atom. The quantitative estimate of drug-likeness (QED) is 0.877. The summed E-state index contributed by atoms with van der Waals surface area (Å²) in [6, 6.07) is 10.6. The van der Waals surface area contributed by atoms with Crippen molar-refractivity contribution >= 4 is 16.6 Å². The number of likely N-dealkylation sites (N-methyl/N-ethyl adjacent to an activating group) is 1. The molecule has 0 unspecified atom stereocenters. The highest BCUT2D eigenvalue weighted by Gasteiger charge is 2.34. The van der Waals surface area contributed by atoms with Crippen molar-refractivity contribution in [3.63, 3.8) is 0 Å². The molecule has 0 saturated carbocycles. The number of nitrogens with zero attached hydrogens (tertiary/aromatic N) is 2. The van der Waals surface area contributed by atoms with Gasteiger partial charge in [-0.05, 0) is 45.5 Å². The van der Waals surface area contributed by atoms with Gasteiger partial charge in [-0.25, -0.2) is 0 Å². The van der Waals surface area contributed by atoms with Gasteiger partial charge >= 0.3 is 0 Å². The van der Waals surface area contributed by atoms with Crippen LogP contribution in [0.25, 0.3) is 10.9 Å². The average Bonchev–Trinajstić information content (AvgIpc) is 2.60. The van der Waals surface area contributed by atoms with Gasteiger partial charge in [-0.2, -0.15) is 0 Å². The number of pyridine rings is 1. The Labute approximate surface area is 145 Å². The fourth-order valence-electron chi connectivity index (χ4n) is 3.55. The molecule has 0 radical (unpaired) electrons. The van der Waals surface area contributed by atoms with Crippen molar-refractivity contribution in [2.75, 3.05) is 39.2 Å². The average molecular weight is 327 g/mol. The number of anilines is 1. The topological polar surface area (TPSA) is 37.4 Å². The molecule has 2 aromatic rings. The Morgan fingerprint density at radius 3 is 2.67 bits per heavy atom. The molecule has 4 heteroatoms. The zero-order chi connectivity index (χ0) is 17.0. The van der Waals surface area contributed by atoms with Crippen molar-refractivity contribution in [3.8, 4) is 0 Å². The number of para-hydroxylation sites is 1. The molecule has 3 rings (SSSR count). The SMILES string of the molecule is CCCc1cc(NCC2(N(C)C)CCOCC2)c2ccccc2n1. The fraction of sp³-hybridized carbons (Fsp3) is 0.550. The van der Waals surface area contributed by atoms with E-state index in [1.807, 2.05) is 0 Å². The molecule has 0 atom stereocenters. The molecule has 1 N–H and O–H groups in total. The number of nitrogens with one attached hydrogen (secondary N) is 1. The predicted molar refractivity (Wildman–Crippen MR) is 101 cm³/mol. The molecule has 0 spiro atoms. The van der Waals surface area contributed by atoms with Crippen LogP contribution >= 0.6 is 0 Å². The molecule has 24 heavy (non-hydrogen) atoms. The Kier molecular flexibility index (Phi) is 5.36. The van der Waals surface area contributed by atoms with Crippen LogP contribution < -0.4 is 5.32 Å². The monoisotopic (exact) mass is 327 g/mol. The molecule has 130 valence electrons. The van der Waals surface area contributed by atoms with Crippen LogP contribution in [0.1, 0.15) is 31.9 Å². The van der Waals surface area contributed by atoms with Gasteiger partial charge in [0.2, 0.25) is 0 Å². The van der Waals surface area contributed by atoms with E-state index in [1.54, 1.807) is 0 Å². The highest BCUT2D eigenvalue weighted by atomic mass is 16.5. The van der Waals surface area contributed by atoms with Gasteiger partial charge in [-0.3, -0.25) is 4.98 Å². The molecule has 2 heterocycles. The minimum absolute atomic E-state index is 0.160. The fourth-order valence-corrected chi connectivity index (χ4v) is 3.55. The maximum Gasteiger partial charge on any atom is 0.0726 e. The van der Waals surface area contributed by atoms with Gasteiger partial charge < -0.3 is 15.0 Å². The van der Waals surface area contributed by atoms with Crippen LogP contribution in [0.15, 0.2) is 30.3 Å². The van der Waals surface area contributed by atoms with Crippen LogP contribution in [-0.2, 0) is 11.2 Å². The lowest BCUT2D eigenvalue weighted by atomic mass is 9.88. The maximum absolute atomic E-state index is 5.58. The van der Waals surface area contributed by atoms with Gasteiger partial charge in [0.05, 0.1) is 5.52 Å². The highest BCUT2D eigenvalue weighted by molar-refractivity contribution is 5.91. The summed E-state index contributed by atoms with van der Waals surface area (Å²) in [6.45, 7) is 4.83. The maximum atomic E-state index is 5.58. The minimum atomic E-state index is 0.160. The minimum Gasteiger partial charge on any atom is -0.383 e. The first-order valence-electron chi connectivity index (χ1n) is 9.02. The number of benzene rings is 1. The third kappa shape index (κ3) is 3.55. The molecule has 0 amide bonds. The summed E-state index contributed by atoms with van der Waals surface area (Å²) in [4.78, 5) is 7.16. The number of aromatic nitrogens is 1. The van der Waals surface area contributed by atoms with E-state index in [0.29, 0.717) is 0 Å². The summed E-state index contributed by atoms with van der Waals surface area (Å²) < 4.78 is 5.58. The van der Waals surface area contributed by atoms with Crippen LogP contribution in [0.5, 0.6) is 0 Å². The van der Waals surface area contributed by atoms with Gasteiger partial charge in [0.15, 0.2) is 0 Å². The van der Waals surface area contributed by atoms with Crippen molar-refractivity contribution in [3.05, 3.63) is 36.0 Å². The van der Waals surface area contributed by atoms with Crippen molar-refractivity contribution in [1.29, 1.82) is 0 Å². The second-order valence-electron chi connectivity index (χ2n) is 7.01. The standard InChI is InChI=1S/C20H29N3O/c1-4-7-16-14-19(17-8-5-6-9-18(17)22-16)21-15-20(23(2)3)10-12-24-13-11-20/h5-6,8-9,14H,4,7,10-13,15H2,1-3H3,(H,21,22). The van der Waals surface area contributed by atoms with Gasteiger partial charge in [-0.1, -0.05) is 31.5 Å². The zero-order valence-electron chi connectivity index (χ0n) is 15.1. The molecule has 1 aliphatic heterocycles. The van der Waals surface area contributed by atoms with E-state index in [-0.39, 0.29) is 5.54 Å². The first kappa shape index (κ1) is 17.2. The smallest absolute Gasteiger partial charge is 0.0726 e. The number of fused-ring (bicyclic) bond motifs is 1. The number of ether oxygens (including phenoxy) is 1. The lowest BCUT2D eigenvalue weighted by Crippen LogP contribution is -2.53. The molecule has 0 bridgehead atoms. The molecule has 1 aliphatic rings. The van der Waals surface area contributed by atoms with Crippen LogP contribution in [0.3, 0.4) is 0 Å². The largest absolute Gasteiger partial charge is 0.383 e. The van der Waals surface area contributed by atoms with Crippen LogP contribution in [-0.4, -0.2) is 49.3 Å². The lowest BCUT2D eigenvalue weighted by molar-refractivity contribution is -0.000616. The van der Waals surface area contributed by atoms with Crippen LogP contribution in [0.2, 0.25) is 0 Å². The third-order valence-electron chi connectivity index (χ3n) is 5.26. The summed E-state index contributed by atoms with van der Waals surface area (Å²) in [5, 5.41) is 4.95. The molecular formula is C20H29N3O. The Bertz CT molecular complexity index is 678. The summed E-state index contributed by atoms with van der Waals surface area (Å²) in [6.07, 6.45) is 4.27. The number of rotatable bonds is 6. The predicted octanol–water partition coefficient (Wildman–Crippen LogP) is 3.71. The van der Waals surface area contributed by atoms with Crippen LogP contribution in [0.4, 0.5) is 5.69 Å². The third-order valence-corrected chi connectivity index (χ3v) is 5.26. The number of aryl methyl sites for hydroxylation is 1. The molecule has 1 fully saturated rings. The highest BCUT2D eigenvalue weighted by Crippen LogP contribution is 2.29. The van der Waals surface area contributed by atoms with Crippen molar-refractivity contribution in [1.82, 2.24) is 9.88 Å². The van der Waals surface area contributed by atoms with E-state index in [0.717, 1.165) is 51.0 Å².